The second kappa shape index (κ2) is 9.68. The van der Waals surface area contributed by atoms with Crippen LogP contribution in [0, 0.1) is 13.8 Å². The lowest BCUT2D eigenvalue weighted by Crippen LogP contribution is -2.59. The van der Waals surface area contributed by atoms with Crippen LogP contribution in [0.3, 0.4) is 0 Å². The zero-order chi connectivity index (χ0) is 23.6. The lowest BCUT2D eigenvalue weighted by molar-refractivity contribution is -0.137. The van der Waals surface area contributed by atoms with E-state index in [1.165, 1.54) is 10.7 Å². The summed E-state index contributed by atoms with van der Waals surface area (Å²) in [6.45, 7) is 7.32. The number of ether oxygens (including phenoxy) is 1. The molecule has 1 N–H and O–H groups in total. The maximum Gasteiger partial charge on any atom is 0.416 e. The van der Waals surface area contributed by atoms with Gasteiger partial charge in [0, 0.05) is 42.2 Å². The molecule has 1 amide bonds. The Kier molecular flexibility index (Phi) is 7.07. The Balaban J connectivity index is 1.46. The highest BCUT2D eigenvalue weighted by molar-refractivity contribution is 7.99. The van der Waals surface area contributed by atoms with E-state index in [1.807, 2.05) is 11.8 Å². The monoisotopic (exact) mass is 482 g/mol. The average Bonchev–Trinajstić information content (AvgIpc) is 3.39. The van der Waals surface area contributed by atoms with E-state index in [0.29, 0.717) is 36.8 Å². The summed E-state index contributed by atoms with van der Waals surface area (Å²) in [5.74, 6) is 1.96. The highest BCUT2D eigenvalue weighted by Crippen LogP contribution is 2.34. The molecule has 1 atom stereocenters. The smallest absolute Gasteiger partial charge is 0.379 e. The van der Waals surface area contributed by atoms with Crippen molar-refractivity contribution in [1.29, 1.82) is 0 Å². The third-order valence-corrected chi connectivity index (χ3v) is 7.81. The molecule has 1 aromatic carbocycles. The van der Waals surface area contributed by atoms with E-state index in [9.17, 15) is 18.0 Å². The lowest BCUT2D eigenvalue weighted by atomic mass is 9.95. The van der Waals surface area contributed by atoms with Crippen LogP contribution in [0.15, 0.2) is 24.3 Å². The van der Waals surface area contributed by atoms with Gasteiger partial charge in [-0.2, -0.15) is 30.0 Å². The molecule has 10 heteroatoms. The van der Waals surface area contributed by atoms with Gasteiger partial charge < -0.3 is 10.1 Å². The van der Waals surface area contributed by atoms with Crippen LogP contribution in [0.5, 0.6) is 0 Å². The average molecular weight is 483 g/mol. The normalized spacial score (nSPS) is 22.0. The zero-order valence-electron chi connectivity index (χ0n) is 18.9. The van der Waals surface area contributed by atoms with E-state index >= 15 is 0 Å². The van der Waals surface area contributed by atoms with Crippen LogP contribution in [0.4, 0.5) is 13.2 Å². The van der Waals surface area contributed by atoms with Crippen LogP contribution in [0.1, 0.15) is 28.9 Å². The lowest BCUT2D eigenvalue weighted by Gasteiger charge is -2.43. The summed E-state index contributed by atoms with van der Waals surface area (Å²) in [6, 6.07) is 5.07. The molecule has 1 unspecified atom stereocenters. The van der Waals surface area contributed by atoms with E-state index in [2.05, 4.69) is 15.3 Å². The fourth-order valence-electron chi connectivity index (χ4n) is 4.62. The number of halogens is 3. The minimum Gasteiger partial charge on any atom is -0.379 e. The molecule has 6 nitrogen and oxygen atoms in total. The molecule has 2 fully saturated rings. The van der Waals surface area contributed by atoms with Gasteiger partial charge in [0.1, 0.15) is 0 Å². The van der Waals surface area contributed by atoms with Crippen molar-refractivity contribution in [3.05, 3.63) is 46.8 Å². The van der Waals surface area contributed by atoms with Crippen molar-refractivity contribution in [2.24, 2.45) is 0 Å². The molecule has 33 heavy (non-hydrogen) atoms. The van der Waals surface area contributed by atoms with Crippen molar-refractivity contribution in [2.45, 2.75) is 38.4 Å². The van der Waals surface area contributed by atoms with Crippen LogP contribution in [-0.4, -0.2) is 70.5 Å². The Bertz CT molecular complexity index is 996. The van der Waals surface area contributed by atoms with Crippen LogP contribution in [0.2, 0.25) is 0 Å². The quantitative estimate of drug-likeness (QED) is 0.684. The van der Waals surface area contributed by atoms with Gasteiger partial charge in [-0.25, -0.2) is 4.68 Å². The van der Waals surface area contributed by atoms with Crippen molar-refractivity contribution in [3.63, 3.8) is 0 Å². The van der Waals surface area contributed by atoms with E-state index in [0.717, 1.165) is 48.7 Å². The number of hydrogen-bond donors (Lipinski definition) is 1. The first-order chi connectivity index (χ1) is 15.7. The second-order valence-electron chi connectivity index (χ2n) is 8.69. The van der Waals surface area contributed by atoms with Crippen molar-refractivity contribution in [1.82, 2.24) is 20.0 Å². The van der Waals surface area contributed by atoms with Gasteiger partial charge in [-0.3, -0.25) is 9.69 Å². The Hall–Kier alpha value is -2.04. The third-order valence-electron chi connectivity index (χ3n) is 6.58. The van der Waals surface area contributed by atoms with Gasteiger partial charge in [0.2, 0.25) is 5.91 Å². The Morgan fingerprint density at radius 2 is 2.03 bits per heavy atom. The number of carbonyl (C=O) groups is 1. The topological polar surface area (TPSA) is 59.4 Å². The maximum absolute atomic E-state index is 13.1. The standard InChI is InChI=1S/C23H29F3N4O2S/c1-16-20(17(2)30(28-16)19-5-3-4-18(12-19)23(24,25)26)13-21(31)27-14-22(6-11-33-15-22)29-7-9-32-10-8-29/h3-5,12H,6-11,13-15H2,1-2H3,(H,27,31). The zero-order valence-corrected chi connectivity index (χ0v) is 19.7. The number of amides is 1. The van der Waals surface area contributed by atoms with Gasteiger partial charge in [-0.15, -0.1) is 0 Å². The second-order valence-corrected chi connectivity index (χ2v) is 9.79. The first-order valence-electron chi connectivity index (χ1n) is 11.1. The summed E-state index contributed by atoms with van der Waals surface area (Å²) in [7, 11) is 0. The molecule has 180 valence electrons. The van der Waals surface area contributed by atoms with E-state index in [-0.39, 0.29) is 17.9 Å². The number of morpholine rings is 1. The Labute approximate surface area is 195 Å². The van der Waals surface area contributed by atoms with E-state index in [4.69, 9.17) is 4.74 Å². The molecule has 4 rings (SSSR count). The summed E-state index contributed by atoms with van der Waals surface area (Å²) >= 11 is 1.91. The summed E-state index contributed by atoms with van der Waals surface area (Å²) < 4.78 is 46.3. The molecule has 2 aromatic rings. The van der Waals surface area contributed by atoms with Crippen molar-refractivity contribution in [3.8, 4) is 5.69 Å². The van der Waals surface area contributed by atoms with Crippen LogP contribution >= 0.6 is 11.8 Å². The number of alkyl halides is 3. The number of carbonyl (C=O) groups excluding carboxylic acids is 1. The van der Waals surface area contributed by atoms with Gasteiger partial charge in [-0.05, 0) is 44.2 Å². The molecule has 0 aliphatic carbocycles. The molecule has 3 heterocycles. The largest absolute Gasteiger partial charge is 0.416 e. The predicted octanol–water partition coefficient (Wildman–Crippen LogP) is 3.37. The van der Waals surface area contributed by atoms with Gasteiger partial charge >= 0.3 is 6.18 Å². The van der Waals surface area contributed by atoms with Crippen LogP contribution < -0.4 is 5.32 Å². The van der Waals surface area contributed by atoms with E-state index in [1.54, 1.807) is 19.9 Å². The number of thioether (sulfide) groups is 1. The molecule has 0 spiro atoms. The summed E-state index contributed by atoms with van der Waals surface area (Å²) in [5, 5.41) is 7.55. The van der Waals surface area contributed by atoms with Crippen LogP contribution in [-0.2, 0) is 22.1 Å². The van der Waals surface area contributed by atoms with Crippen molar-refractivity contribution < 1.29 is 22.7 Å². The number of hydrogen-bond acceptors (Lipinski definition) is 5. The number of nitrogens with zero attached hydrogens (tertiary/aromatic N) is 3. The molecular weight excluding hydrogens is 453 g/mol. The van der Waals surface area contributed by atoms with Gasteiger partial charge in [-0.1, -0.05) is 6.07 Å². The molecule has 0 saturated carbocycles. The third kappa shape index (κ3) is 5.22. The number of aromatic nitrogens is 2. The molecule has 2 saturated heterocycles. The first kappa shape index (κ1) is 24.1. The number of aryl methyl sites for hydroxylation is 1. The Morgan fingerprint density at radius 3 is 2.70 bits per heavy atom. The van der Waals surface area contributed by atoms with Gasteiger partial charge in [0.25, 0.3) is 0 Å². The highest BCUT2D eigenvalue weighted by atomic mass is 32.2. The molecule has 2 aliphatic rings. The number of nitrogens with one attached hydrogen (secondary N) is 1. The molecule has 1 aromatic heterocycles. The molecular formula is C23H29F3N4O2S. The highest BCUT2D eigenvalue weighted by Gasteiger charge is 2.41. The SMILES string of the molecule is Cc1nn(-c2cccc(C(F)(F)F)c2)c(C)c1CC(=O)NCC1(N2CCOCC2)CCSC1. The summed E-state index contributed by atoms with van der Waals surface area (Å²) in [4.78, 5) is 15.3. The molecule has 0 radical (unpaired) electrons. The Morgan fingerprint density at radius 1 is 1.27 bits per heavy atom. The first-order valence-corrected chi connectivity index (χ1v) is 12.3. The van der Waals surface area contributed by atoms with Gasteiger partial charge in [0.05, 0.1) is 36.6 Å². The fraction of sp³-hybridized carbons (Fsp3) is 0.565. The fourth-order valence-corrected chi connectivity index (χ4v) is 6.09. The van der Waals surface area contributed by atoms with Gasteiger partial charge in [0.15, 0.2) is 0 Å². The van der Waals surface area contributed by atoms with Crippen LogP contribution in [0.25, 0.3) is 5.69 Å². The summed E-state index contributed by atoms with van der Waals surface area (Å²) in [6.07, 6.45) is -3.25. The van der Waals surface area contributed by atoms with E-state index < -0.39 is 11.7 Å². The van der Waals surface area contributed by atoms with Crippen molar-refractivity contribution in [2.75, 3.05) is 44.4 Å². The minimum atomic E-state index is -4.43. The number of rotatable bonds is 6. The number of benzene rings is 1. The van der Waals surface area contributed by atoms with Crippen molar-refractivity contribution >= 4 is 17.7 Å². The predicted molar refractivity (Wildman–Crippen MR) is 122 cm³/mol. The minimum absolute atomic E-state index is 0.0452. The molecule has 2 aliphatic heterocycles. The maximum atomic E-state index is 13.1. The molecule has 0 bridgehead atoms. The summed E-state index contributed by atoms with van der Waals surface area (Å²) in [5.41, 5.74) is 1.60.